The Morgan fingerprint density at radius 3 is 2.29 bits per heavy atom. The third kappa shape index (κ3) is 8.11. The van der Waals surface area contributed by atoms with Crippen molar-refractivity contribution in [3.8, 4) is 0 Å². The molecule has 0 saturated carbocycles. The zero-order chi connectivity index (χ0) is 36.5. The van der Waals surface area contributed by atoms with Crippen molar-refractivity contribution in [2.75, 3.05) is 17.7 Å². The van der Waals surface area contributed by atoms with E-state index in [4.69, 9.17) is 14.3 Å². The van der Waals surface area contributed by atoms with Gasteiger partial charge in [0.2, 0.25) is 13.0 Å². The summed E-state index contributed by atoms with van der Waals surface area (Å²) in [4.78, 5) is 75.2. The van der Waals surface area contributed by atoms with Gasteiger partial charge in [0.05, 0.1) is 0 Å². The predicted octanol–water partition coefficient (Wildman–Crippen LogP) is 4.35. The lowest BCUT2D eigenvalue weighted by Gasteiger charge is -2.49. The molecule has 3 heterocycles. The molecule has 6 rings (SSSR count). The number of hydrogen-bond donors (Lipinski definition) is 2. The van der Waals surface area contributed by atoms with Crippen LogP contribution in [0.1, 0.15) is 28.5 Å². The molecule has 1 unspecified atom stereocenters. The van der Waals surface area contributed by atoms with Crippen LogP contribution in [-0.4, -0.2) is 69.5 Å². The minimum absolute atomic E-state index is 0.0168. The lowest BCUT2D eigenvalue weighted by Crippen LogP contribution is -2.71. The molecule has 3 aromatic carbocycles. The number of anilines is 1. The Hall–Kier alpha value is -6.06. The van der Waals surface area contributed by atoms with Gasteiger partial charge in [-0.1, -0.05) is 109 Å². The number of hydrogen-bond acceptors (Lipinski definition) is 12. The Morgan fingerprint density at radius 2 is 1.65 bits per heavy atom. The average molecular weight is 738 g/mol. The van der Waals surface area contributed by atoms with Gasteiger partial charge in [0, 0.05) is 11.1 Å². The monoisotopic (exact) mass is 737 g/mol. The highest BCUT2D eigenvalue weighted by Gasteiger charge is 2.54. The maximum Gasteiger partial charge on any atom is 0.356 e. The molecule has 4 aromatic rings. The predicted molar refractivity (Wildman–Crippen MR) is 194 cm³/mol. The molecule has 52 heavy (non-hydrogen) atoms. The number of rotatable bonds is 15. The summed E-state index contributed by atoms with van der Waals surface area (Å²) in [6.07, 6.45) is 1.19. The number of β-lactam (4-membered cyclic amide) rings is 1. The molecule has 264 valence electrons. The molecule has 0 spiro atoms. The smallest absolute Gasteiger partial charge is 0.356 e. The number of ether oxygens (including phenoxy) is 2. The second-order valence-electron chi connectivity index (χ2n) is 11.2. The fourth-order valence-corrected chi connectivity index (χ4v) is 7.37. The molecule has 3 amide bonds. The molecule has 15 heteroatoms. The first-order valence-electron chi connectivity index (χ1n) is 15.9. The number of carbonyl (C=O) groups is 5. The third-order valence-corrected chi connectivity index (χ3v) is 9.95. The molecule has 1 fully saturated rings. The maximum absolute atomic E-state index is 13.9. The SMILES string of the molecule is C=CC1=C(C(=O)OC(c2ccccc2)c2ccccc2)N2C(=O)C(NC(=O)C(=NOCC(=O)OCc3ccccc3)c3csc(NC=O)n3)[C@@H]2SC1. The summed E-state index contributed by atoms with van der Waals surface area (Å²) < 4.78 is 11.3. The molecule has 2 aliphatic rings. The summed E-state index contributed by atoms with van der Waals surface area (Å²) in [5.41, 5.74) is 2.49. The molecule has 2 atom stereocenters. The number of allylic oxidation sites excluding steroid dienone is 1. The summed E-state index contributed by atoms with van der Waals surface area (Å²) in [5.74, 6) is -2.53. The van der Waals surface area contributed by atoms with Crippen molar-refractivity contribution in [1.82, 2.24) is 15.2 Å². The van der Waals surface area contributed by atoms with Crippen LogP contribution < -0.4 is 10.6 Å². The first-order chi connectivity index (χ1) is 25.4. The van der Waals surface area contributed by atoms with E-state index in [1.807, 2.05) is 78.9 Å². The number of aromatic nitrogens is 1. The molecule has 0 bridgehead atoms. The lowest BCUT2D eigenvalue weighted by molar-refractivity contribution is -0.154. The fourth-order valence-electron chi connectivity index (χ4n) is 5.38. The minimum Gasteiger partial charge on any atom is -0.458 e. The molecule has 13 nitrogen and oxygen atoms in total. The van der Waals surface area contributed by atoms with Gasteiger partial charge in [-0.2, -0.15) is 0 Å². The van der Waals surface area contributed by atoms with Gasteiger partial charge in [0.25, 0.3) is 11.8 Å². The van der Waals surface area contributed by atoms with E-state index in [9.17, 15) is 24.0 Å². The lowest BCUT2D eigenvalue weighted by atomic mass is 10.0. The summed E-state index contributed by atoms with van der Waals surface area (Å²) in [7, 11) is 0. The zero-order valence-electron chi connectivity index (χ0n) is 27.4. The number of nitrogens with zero attached hydrogens (tertiary/aromatic N) is 3. The molecular formula is C37H31N5O8S2. The van der Waals surface area contributed by atoms with Crippen LogP contribution in [0.2, 0.25) is 0 Å². The number of amides is 3. The van der Waals surface area contributed by atoms with E-state index in [0.717, 1.165) is 28.0 Å². The number of thiazole rings is 1. The number of benzene rings is 3. The van der Waals surface area contributed by atoms with Crippen molar-refractivity contribution in [3.63, 3.8) is 0 Å². The van der Waals surface area contributed by atoms with Crippen LogP contribution >= 0.6 is 23.1 Å². The van der Waals surface area contributed by atoms with Crippen molar-refractivity contribution in [2.45, 2.75) is 24.1 Å². The van der Waals surface area contributed by atoms with Crippen LogP contribution in [0.4, 0.5) is 5.13 Å². The maximum atomic E-state index is 13.9. The second kappa shape index (κ2) is 16.8. The van der Waals surface area contributed by atoms with Crippen LogP contribution in [-0.2, 0) is 44.9 Å². The van der Waals surface area contributed by atoms with Crippen LogP contribution in [0.25, 0.3) is 0 Å². The van der Waals surface area contributed by atoms with E-state index in [-0.39, 0.29) is 28.8 Å². The van der Waals surface area contributed by atoms with Crippen molar-refractivity contribution < 1.29 is 38.3 Å². The van der Waals surface area contributed by atoms with Gasteiger partial charge in [0.1, 0.15) is 29.4 Å². The molecule has 0 aliphatic carbocycles. The number of fused-ring (bicyclic) bond motifs is 1. The van der Waals surface area contributed by atoms with Crippen molar-refractivity contribution in [2.24, 2.45) is 5.16 Å². The topological polar surface area (TPSA) is 166 Å². The fraction of sp³-hybridized carbons (Fsp3) is 0.162. The highest BCUT2D eigenvalue weighted by molar-refractivity contribution is 8.00. The highest BCUT2D eigenvalue weighted by atomic mass is 32.2. The molecule has 0 radical (unpaired) electrons. The van der Waals surface area contributed by atoms with Crippen molar-refractivity contribution >= 4 is 64.1 Å². The molecule has 1 saturated heterocycles. The van der Waals surface area contributed by atoms with E-state index in [0.29, 0.717) is 17.7 Å². The van der Waals surface area contributed by atoms with Gasteiger partial charge in [-0.3, -0.25) is 19.3 Å². The summed E-state index contributed by atoms with van der Waals surface area (Å²) in [6, 6.07) is 26.5. The molecular weight excluding hydrogens is 707 g/mol. The second-order valence-corrected chi connectivity index (χ2v) is 13.2. The van der Waals surface area contributed by atoms with Gasteiger partial charge in [-0.15, -0.1) is 23.1 Å². The van der Waals surface area contributed by atoms with Gasteiger partial charge in [0.15, 0.2) is 16.9 Å². The standard InChI is InChI=1S/C37H31N5O8S2/c1-2-24-20-51-35-30(34(46)42(35)31(24)36(47)50-32(25-14-8-4-9-15-25)26-16-10-5-11-17-26)40-33(45)29(27-21-52-37(39-27)38-22-43)41-49-19-28(44)48-18-23-12-6-3-7-13-23/h2-17,21-22,30,32,35H,1,18-20H2,(H,40,45)(H,38,39,43)/t30?,35-/m0/s1. The van der Waals surface area contributed by atoms with Crippen molar-refractivity contribution in [3.05, 3.63) is 143 Å². The van der Waals surface area contributed by atoms with Crippen LogP contribution in [0.5, 0.6) is 0 Å². The zero-order valence-corrected chi connectivity index (χ0v) is 29.0. The highest BCUT2D eigenvalue weighted by Crippen LogP contribution is 2.42. The summed E-state index contributed by atoms with van der Waals surface area (Å²) >= 11 is 2.36. The van der Waals surface area contributed by atoms with E-state index < -0.39 is 47.9 Å². The molecule has 2 aliphatic heterocycles. The van der Waals surface area contributed by atoms with Crippen molar-refractivity contribution in [1.29, 1.82) is 0 Å². The average Bonchev–Trinajstić information content (AvgIpc) is 3.65. The van der Waals surface area contributed by atoms with Gasteiger partial charge in [-0.05, 0) is 22.3 Å². The van der Waals surface area contributed by atoms with Crippen LogP contribution in [0, 0.1) is 0 Å². The first-order valence-corrected chi connectivity index (χ1v) is 17.8. The largest absolute Gasteiger partial charge is 0.458 e. The number of carbonyl (C=O) groups excluding carboxylic acids is 5. The molecule has 1 aromatic heterocycles. The van der Waals surface area contributed by atoms with E-state index in [1.165, 1.54) is 28.1 Å². The van der Waals surface area contributed by atoms with Crippen LogP contribution in [0.15, 0.2) is 125 Å². The van der Waals surface area contributed by atoms with E-state index >= 15 is 0 Å². The van der Waals surface area contributed by atoms with Gasteiger partial charge >= 0.3 is 11.9 Å². The Kier molecular flexibility index (Phi) is 11.5. The number of nitrogens with one attached hydrogen (secondary N) is 2. The van der Waals surface area contributed by atoms with Gasteiger partial charge < -0.3 is 24.9 Å². The quantitative estimate of drug-likeness (QED) is 0.0589. The number of thioether (sulfide) groups is 1. The first kappa shape index (κ1) is 35.8. The Bertz CT molecular complexity index is 1980. The normalized spacial score (nSPS) is 16.7. The Morgan fingerprint density at radius 1 is 1.00 bits per heavy atom. The summed E-state index contributed by atoms with van der Waals surface area (Å²) in [5, 5.41) is 9.91. The summed E-state index contributed by atoms with van der Waals surface area (Å²) in [6.45, 7) is 3.25. The number of oxime groups is 1. The van der Waals surface area contributed by atoms with E-state index in [2.05, 4.69) is 27.4 Å². The van der Waals surface area contributed by atoms with E-state index in [1.54, 1.807) is 12.1 Å². The Labute approximate surface area is 306 Å². The Balaban J connectivity index is 1.17. The van der Waals surface area contributed by atoms with Crippen LogP contribution in [0.3, 0.4) is 0 Å². The number of esters is 2. The molecule has 2 N–H and O–H groups in total. The minimum atomic E-state index is -1.06. The van der Waals surface area contributed by atoms with Gasteiger partial charge in [-0.25, -0.2) is 14.6 Å². The third-order valence-electron chi connectivity index (χ3n) is 7.88.